The van der Waals surface area contributed by atoms with Gasteiger partial charge in [0.25, 0.3) is 0 Å². The summed E-state index contributed by atoms with van der Waals surface area (Å²) >= 11 is 0. The van der Waals surface area contributed by atoms with Crippen LogP contribution < -0.4 is 17.0 Å². The Hall–Kier alpha value is -0.840. The minimum absolute atomic E-state index is 0. The van der Waals surface area contributed by atoms with Crippen LogP contribution in [-0.2, 0) is 0 Å². The third kappa shape index (κ3) is 11.0. The molecular formula is CH6FN3O. The smallest absolute Gasteiger partial charge is 0.326 e. The molecule has 38 valence electrons. The van der Waals surface area contributed by atoms with E-state index in [0.29, 0.717) is 0 Å². The molecule has 6 heavy (non-hydrogen) atoms. The molecule has 2 amide bonds. The molecule has 0 aliphatic heterocycles. The highest BCUT2D eigenvalue weighted by Gasteiger charge is 1.73. The summed E-state index contributed by atoms with van der Waals surface area (Å²) < 4.78 is 0. The Morgan fingerprint density at radius 1 is 1.67 bits per heavy atom. The molecule has 5 heteroatoms. The van der Waals surface area contributed by atoms with Crippen LogP contribution in [0.5, 0.6) is 0 Å². The van der Waals surface area contributed by atoms with Crippen LogP contribution in [0.15, 0.2) is 0 Å². The summed E-state index contributed by atoms with van der Waals surface area (Å²) in [6.45, 7) is 0. The molecule has 5 N–H and O–H groups in total. The number of nitrogens with one attached hydrogen (secondary N) is 1. The second kappa shape index (κ2) is 4.16. The third-order valence-corrected chi connectivity index (χ3v) is 0.142. The number of hydrogen-bond donors (Lipinski definition) is 3. The van der Waals surface area contributed by atoms with Crippen LogP contribution in [0.25, 0.3) is 0 Å². The number of nitrogens with two attached hydrogens (primary N) is 2. The van der Waals surface area contributed by atoms with Crippen LogP contribution in [0.3, 0.4) is 0 Å². The van der Waals surface area contributed by atoms with E-state index < -0.39 is 6.03 Å². The van der Waals surface area contributed by atoms with E-state index in [4.69, 9.17) is 0 Å². The van der Waals surface area contributed by atoms with Crippen LogP contribution in [0.1, 0.15) is 0 Å². The molecule has 0 aliphatic carbocycles. The lowest BCUT2D eigenvalue weighted by atomic mass is 11.2. The molecule has 0 saturated carbocycles. The fraction of sp³-hybridized carbons (Fsp3) is 0. The van der Waals surface area contributed by atoms with Crippen molar-refractivity contribution in [1.82, 2.24) is 5.43 Å². The zero-order valence-electron chi connectivity index (χ0n) is 2.97. The van der Waals surface area contributed by atoms with Gasteiger partial charge in [0.2, 0.25) is 0 Å². The molecule has 0 heterocycles. The summed E-state index contributed by atoms with van der Waals surface area (Å²) in [6, 6.07) is -0.718. The lowest BCUT2D eigenvalue weighted by molar-refractivity contribution is 0.249. The number of urea groups is 1. The molecule has 0 aromatic carbocycles. The number of rotatable bonds is 0. The maximum Gasteiger partial charge on any atom is 0.326 e. The number of hydrazine groups is 1. The van der Waals surface area contributed by atoms with Crippen LogP contribution in [-0.4, -0.2) is 6.03 Å². The first-order valence-electron chi connectivity index (χ1n) is 1.03. The monoisotopic (exact) mass is 95.0 g/mol. The first-order chi connectivity index (χ1) is 2.27. The summed E-state index contributed by atoms with van der Waals surface area (Å²) in [5.41, 5.74) is 6.08. The molecular weight excluding hydrogens is 89.0 g/mol. The highest BCUT2D eigenvalue weighted by atomic mass is 19.0. The van der Waals surface area contributed by atoms with Crippen LogP contribution in [0, 0.1) is 0 Å². The summed E-state index contributed by atoms with van der Waals surface area (Å²) in [6.07, 6.45) is 0. The predicted molar refractivity (Wildman–Crippen MR) is 19.4 cm³/mol. The summed E-state index contributed by atoms with van der Waals surface area (Å²) in [5.74, 6) is 4.45. The molecule has 0 fully saturated rings. The average molecular weight is 95.1 g/mol. The molecule has 0 aromatic heterocycles. The maximum atomic E-state index is 9.35. The van der Waals surface area contributed by atoms with Crippen molar-refractivity contribution in [1.29, 1.82) is 0 Å². The van der Waals surface area contributed by atoms with Crippen LogP contribution >= 0.6 is 0 Å². The minimum atomic E-state index is -0.718. The van der Waals surface area contributed by atoms with Crippen molar-refractivity contribution >= 4 is 6.03 Å². The average Bonchev–Trinajstić information content (AvgIpc) is 1.38. The molecule has 0 spiro atoms. The largest absolute Gasteiger partial charge is 0.351 e. The fourth-order valence-corrected chi connectivity index (χ4v) is 0. The predicted octanol–water partition coefficient (Wildman–Crippen LogP) is -1.32. The number of hydrogen-bond acceptors (Lipinski definition) is 2. The zero-order valence-corrected chi connectivity index (χ0v) is 2.97. The van der Waals surface area contributed by atoms with Crippen molar-refractivity contribution in [2.24, 2.45) is 11.6 Å². The van der Waals surface area contributed by atoms with Crippen LogP contribution in [0.2, 0.25) is 0 Å². The standard InChI is InChI=1S/CH5N3O.FH/c2-1(5)4-3;/h3H2,(H3,2,4,5);1H. The van der Waals surface area contributed by atoms with Crippen molar-refractivity contribution in [3.05, 3.63) is 0 Å². The second-order valence-corrected chi connectivity index (χ2v) is 0.509. The third-order valence-electron chi connectivity index (χ3n) is 0.142. The minimum Gasteiger partial charge on any atom is -0.351 e. The number of halogens is 1. The molecule has 0 radical (unpaired) electrons. The maximum absolute atomic E-state index is 9.35. The Balaban J connectivity index is 0. The Labute approximate surface area is 33.8 Å². The highest BCUT2D eigenvalue weighted by molar-refractivity contribution is 5.70. The van der Waals surface area contributed by atoms with E-state index in [1.807, 2.05) is 0 Å². The van der Waals surface area contributed by atoms with Crippen molar-refractivity contribution in [2.75, 3.05) is 0 Å². The molecule has 0 aliphatic rings. The molecule has 4 nitrogen and oxygen atoms in total. The van der Waals surface area contributed by atoms with Crippen molar-refractivity contribution in [3.8, 4) is 0 Å². The Morgan fingerprint density at radius 2 is 1.83 bits per heavy atom. The summed E-state index contributed by atoms with van der Waals surface area (Å²) in [7, 11) is 0. The van der Waals surface area contributed by atoms with Gasteiger partial charge in [-0.15, -0.1) is 0 Å². The molecule has 0 bridgehead atoms. The lowest BCUT2D eigenvalue weighted by Crippen LogP contribution is -2.34. The summed E-state index contributed by atoms with van der Waals surface area (Å²) in [4.78, 5) is 9.35. The molecule has 0 aromatic rings. The van der Waals surface area contributed by atoms with E-state index >= 15 is 0 Å². The van der Waals surface area contributed by atoms with Gasteiger partial charge in [0.1, 0.15) is 0 Å². The van der Waals surface area contributed by atoms with Gasteiger partial charge in [-0.3, -0.25) is 10.1 Å². The Kier molecular flexibility index (Phi) is 6.20. The Morgan fingerprint density at radius 3 is 1.83 bits per heavy atom. The normalized spacial score (nSPS) is 5.50. The lowest BCUT2D eigenvalue weighted by Gasteiger charge is -1.81. The van der Waals surface area contributed by atoms with Gasteiger partial charge < -0.3 is 5.73 Å². The van der Waals surface area contributed by atoms with Crippen molar-refractivity contribution in [2.45, 2.75) is 0 Å². The first-order valence-corrected chi connectivity index (χ1v) is 1.03. The van der Waals surface area contributed by atoms with E-state index in [0.717, 1.165) is 0 Å². The number of amides is 2. The quantitative estimate of drug-likeness (QED) is 0.198. The van der Waals surface area contributed by atoms with Gasteiger partial charge in [0.15, 0.2) is 0 Å². The zero-order chi connectivity index (χ0) is 4.28. The first kappa shape index (κ1) is 8.94. The molecule has 0 saturated heterocycles. The molecule has 0 unspecified atom stereocenters. The van der Waals surface area contributed by atoms with Gasteiger partial charge in [-0.05, 0) is 0 Å². The van der Waals surface area contributed by atoms with E-state index in [1.54, 1.807) is 5.43 Å². The van der Waals surface area contributed by atoms with E-state index in [9.17, 15) is 4.79 Å². The van der Waals surface area contributed by atoms with Gasteiger partial charge in [0, 0.05) is 0 Å². The van der Waals surface area contributed by atoms with Gasteiger partial charge in [-0.25, -0.2) is 10.6 Å². The topological polar surface area (TPSA) is 81.1 Å². The van der Waals surface area contributed by atoms with Gasteiger partial charge in [-0.1, -0.05) is 0 Å². The summed E-state index contributed by atoms with van der Waals surface area (Å²) in [5, 5.41) is 0. The van der Waals surface area contributed by atoms with Gasteiger partial charge >= 0.3 is 6.03 Å². The van der Waals surface area contributed by atoms with Crippen molar-refractivity contribution in [3.63, 3.8) is 0 Å². The van der Waals surface area contributed by atoms with Gasteiger partial charge in [0.05, 0.1) is 0 Å². The number of carbonyl (C=O) groups is 1. The second-order valence-electron chi connectivity index (χ2n) is 0.509. The fourth-order valence-electron chi connectivity index (χ4n) is 0. The van der Waals surface area contributed by atoms with E-state index in [1.165, 1.54) is 0 Å². The molecule has 0 atom stereocenters. The van der Waals surface area contributed by atoms with Crippen molar-refractivity contribution < 1.29 is 9.50 Å². The van der Waals surface area contributed by atoms with E-state index in [-0.39, 0.29) is 4.70 Å². The molecule has 0 rings (SSSR count). The number of carbonyl (C=O) groups excluding carboxylic acids is 1. The van der Waals surface area contributed by atoms with Gasteiger partial charge in [-0.2, -0.15) is 0 Å². The highest BCUT2D eigenvalue weighted by Crippen LogP contribution is 1.34. The Bertz CT molecular complexity index is 46.1. The van der Waals surface area contributed by atoms with Crippen LogP contribution in [0.4, 0.5) is 9.50 Å². The SMILES string of the molecule is F.NNC(N)=O. The number of primary amides is 1. The van der Waals surface area contributed by atoms with E-state index in [2.05, 4.69) is 11.6 Å².